The number of ether oxygens (including phenoxy) is 2. The second-order valence-electron chi connectivity index (χ2n) is 11.0. The van der Waals surface area contributed by atoms with Crippen LogP contribution >= 0.6 is 0 Å². The zero-order valence-corrected chi connectivity index (χ0v) is 21.5. The van der Waals surface area contributed by atoms with E-state index >= 15 is 0 Å². The summed E-state index contributed by atoms with van der Waals surface area (Å²) in [7, 11) is 0. The Morgan fingerprint density at radius 1 is 0.656 bits per heavy atom. The SMILES string of the molecule is CC(C)[C@@H]1CC[C@@H](C)C[C@H]1OC(=O)[C@@H](C)O.CC1CCC(C(C)C)C(OC(=O)C(C)O)C1. The molecule has 0 saturated heterocycles. The number of aliphatic hydroxyl groups is 2. The molecule has 2 rings (SSSR count). The first-order chi connectivity index (χ1) is 14.8. The van der Waals surface area contributed by atoms with Gasteiger partial charge in [-0.1, -0.05) is 54.4 Å². The molecule has 2 saturated carbocycles. The minimum Gasteiger partial charge on any atom is -0.460 e. The third-order valence-electron chi connectivity index (χ3n) is 7.14. The van der Waals surface area contributed by atoms with Crippen molar-refractivity contribution in [1.82, 2.24) is 0 Å². The molecule has 0 heterocycles. The number of carbonyl (C=O) groups is 2. The molecule has 6 nitrogen and oxygen atoms in total. The number of rotatable bonds is 6. The van der Waals surface area contributed by atoms with Crippen molar-refractivity contribution in [3.63, 3.8) is 0 Å². The summed E-state index contributed by atoms with van der Waals surface area (Å²) in [6.45, 7) is 16.0. The fraction of sp³-hybridized carbons (Fsp3) is 0.923. The summed E-state index contributed by atoms with van der Waals surface area (Å²) in [5.74, 6) is 2.20. The van der Waals surface area contributed by atoms with Gasteiger partial charge in [0.15, 0.2) is 0 Å². The lowest BCUT2D eigenvalue weighted by molar-refractivity contribution is -0.165. The molecular weight excluding hydrogens is 408 g/mol. The molecule has 32 heavy (non-hydrogen) atoms. The summed E-state index contributed by atoms with van der Waals surface area (Å²) in [5.41, 5.74) is 0. The van der Waals surface area contributed by atoms with Crippen LogP contribution in [0.25, 0.3) is 0 Å². The first-order valence-corrected chi connectivity index (χ1v) is 12.6. The Hall–Kier alpha value is -1.14. The summed E-state index contributed by atoms with van der Waals surface area (Å²) in [5, 5.41) is 18.3. The molecule has 2 fully saturated rings. The van der Waals surface area contributed by atoms with Crippen molar-refractivity contribution in [1.29, 1.82) is 0 Å². The van der Waals surface area contributed by atoms with Crippen molar-refractivity contribution in [3.05, 3.63) is 0 Å². The highest BCUT2D eigenvalue weighted by atomic mass is 16.6. The van der Waals surface area contributed by atoms with E-state index in [1.807, 2.05) is 0 Å². The smallest absolute Gasteiger partial charge is 0.334 e. The summed E-state index contributed by atoms with van der Waals surface area (Å²) in [6.07, 6.45) is 4.50. The molecule has 0 bridgehead atoms. The second kappa shape index (κ2) is 13.5. The number of aliphatic hydroxyl groups excluding tert-OH is 2. The van der Waals surface area contributed by atoms with Crippen molar-refractivity contribution in [3.8, 4) is 0 Å². The summed E-state index contributed by atoms with van der Waals surface area (Å²) in [6, 6.07) is 0. The summed E-state index contributed by atoms with van der Waals surface area (Å²) < 4.78 is 10.8. The summed E-state index contributed by atoms with van der Waals surface area (Å²) >= 11 is 0. The van der Waals surface area contributed by atoms with Gasteiger partial charge >= 0.3 is 11.9 Å². The van der Waals surface area contributed by atoms with E-state index in [1.165, 1.54) is 26.7 Å². The second-order valence-corrected chi connectivity index (χ2v) is 11.0. The van der Waals surface area contributed by atoms with Gasteiger partial charge < -0.3 is 19.7 Å². The normalized spacial score (nSPS) is 32.5. The van der Waals surface area contributed by atoms with E-state index in [0.717, 1.165) is 25.7 Å². The monoisotopic (exact) mass is 456 g/mol. The van der Waals surface area contributed by atoms with E-state index in [-0.39, 0.29) is 12.2 Å². The Bertz CT molecular complexity index is 521. The van der Waals surface area contributed by atoms with E-state index in [9.17, 15) is 9.59 Å². The van der Waals surface area contributed by atoms with Crippen LogP contribution in [0.3, 0.4) is 0 Å². The molecular formula is C26H48O6. The average Bonchev–Trinajstić information content (AvgIpc) is 2.67. The minimum atomic E-state index is -1.01. The van der Waals surface area contributed by atoms with Gasteiger partial charge in [-0.15, -0.1) is 0 Å². The third kappa shape index (κ3) is 9.38. The van der Waals surface area contributed by atoms with Crippen LogP contribution in [0.15, 0.2) is 0 Å². The van der Waals surface area contributed by atoms with Crippen molar-refractivity contribution in [2.24, 2.45) is 35.5 Å². The third-order valence-corrected chi connectivity index (χ3v) is 7.14. The van der Waals surface area contributed by atoms with Gasteiger partial charge in [-0.05, 0) is 75.0 Å². The van der Waals surface area contributed by atoms with Gasteiger partial charge in [-0.3, -0.25) is 0 Å². The highest BCUT2D eigenvalue weighted by Gasteiger charge is 2.35. The predicted octanol–water partition coefficient (Wildman–Crippen LogP) is 4.74. The standard InChI is InChI=1S/2C13H24O3/c2*1-8(2)11-6-5-9(3)7-12(11)16-13(15)10(4)14/h2*8-12,14H,5-7H2,1-4H3/t9-,10-,11+,12-;/m1./s1. The molecule has 0 amide bonds. The van der Waals surface area contributed by atoms with E-state index < -0.39 is 24.1 Å². The van der Waals surface area contributed by atoms with Crippen LogP contribution in [-0.2, 0) is 19.1 Å². The molecule has 0 aromatic heterocycles. The largest absolute Gasteiger partial charge is 0.460 e. The molecule has 2 aliphatic carbocycles. The molecule has 0 aromatic carbocycles. The maximum atomic E-state index is 11.4. The number of carbonyl (C=O) groups excluding carboxylic acids is 2. The van der Waals surface area contributed by atoms with Crippen molar-refractivity contribution in [2.75, 3.05) is 0 Å². The van der Waals surface area contributed by atoms with Gasteiger partial charge in [0.1, 0.15) is 24.4 Å². The molecule has 6 heteroatoms. The molecule has 188 valence electrons. The fourth-order valence-electron chi connectivity index (χ4n) is 5.00. The quantitative estimate of drug-likeness (QED) is 0.561. The molecule has 2 aliphatic rings. The highest BCUT2D eigenvalue weighted by molar-refractivity contribution is 5.74. The molecule has 0 radical (unpaired) electrons. The van der Waals surface area contributed by atoms with E-state index in [1.54, 1.807) is 0 Å². The van der Waals surface area contributed by atoms with Gasteiger partial charge in [-0.2, -0.15) is 0 Å². The maximum absolute atomic E-state index is 11.4. The van der Waals surface area contributed by atoms with E-state index in [4.69, 9.17) is 19.7 Å². The maximum Gasteiger partial charge on any atom is 0.334 e. The lowest BCUT2D eigenvalue weighted by Crippen LogP contribution is -2.37. The van der Waals surface area contributed by atoms with Crippen LogP contribution in [0.5, 0.6) is 0 Å². The number of esters is 2. The topological polar surface area (TPSA) is 93.1 Å². The molecule has 0 aromatic rings. The van der Waals surface area contributed by atoms with Gasteiger partial charge in [0.25, 0.3) is 0 Å². The van der Waals surface area contributed by atoms with Crippen LogP contribution in [-0.4, -0.2) is 46.6 Å². The van der Waals surface area contributed by atoms with Crippen molar-refractivity contribution >= 4 is 11.9 Å². The molecule has 0 aliphatic heterocycles. The fourth-order valence-corrected chi connectivity index (χ4v) is 5.00. The predicted molar refractivity (Wildman–Crippen MR) is 126 cm³/mol. The highest BCUT2D eigenvalue weighted by Crippen LogP contribution is 2.36. The van der Waals surface area contributed by atoms with Crippen molar-refractivity contribution in [2.45, 2.75) is 118 Å². The van der Waals surface area contributed by atoms with Gasteiger partial charge in [0, 0.05) is 0 Å². The van der Waals surface area contributed by atoms with Crippen LogP contribution in [0.2, 0.25) is 0 Å². The first kappa shape index (κ1) is 28.9. The first-order valence-electron chi connectivity index (χ1n) is 12.6. The van der Waals surface area contributed by atoms with Gasteiger partial charge in [0.2, 0.25) is 0 Å². The zero-order chi connectivity index (χ0) is 24.6. The number of hydrogen-bond acceptors (Lipinski definition) is 6. The van der Waals surface area contributed by atoms with Crippen LogP contribution in [0.1, 0.15) is 93.9 Å². The van der Waals surface area contributed by atoms with Crippen LogP contribution in [0, 0.1) is 35.5 Å². The molecule has 0 spiro atoms. The Morgan fingerprint density at radius 3 is 1.22 bits per heavy atom. The average molecular weight is 457 g/mol. The Balaban J connectivity index is 0.000000320. The lowest BCUT2D eigenvalue weighted by Gasteiger charge is -2.36. The number of hydrogen-bond donors (Lipinski definition) is 2. The minimum absolute atomic E-state index is 0.00847. The Morgan fingerprint density at radius 2 is 0.969 bits per heavy atom. The lowest BCUT2D eigenvalue weighted by atomic mass is 9.75. The molecule has 2 N–H and O–H groups in total. The van der Waals surface area contributed by atoms with Gasteiger partial charge in [-0.25, -0.2) is 9.59 Å². The Labute approximate surface area is 195 Å². The van der Waals surface area contributed by atoms with E-state index in [0.29, 0.717) is 35.5 Å². The van der Waals surface area contributed by atoms with Crippen molar-refractivity contribution < 1.29 is 29.3 Å². The molecule has 4 unspecified atom stereocenters. The Kier molecular flexibility index (Phi) is 12.2. The van der Waals surface area contributed by atoms with Crippen LogP contribution in [0.4, 0.5) is 0 Å². The van der Waals surface area contributed by atoms with Gasteiger partial charge in [0.05, 0.1) is 0 Å². The van der Waals surface area contributed by atoms with Crippen LogP contribution < -0.4 is 0 Å². The van der Waals surface area contributed by atoms with E-state index in [2.05, 4.69) is 41.5 Å². The molecule has 8 atom stereocenters. The summed E-state index contributed by atoms with van der Waals surface area (Å²) in [4.78, 5) is 22.8. The zero-order valence-electron chi connectivity index (χ0n) is 21.5.